The Hall–Kier alpha value is -1.14. The Balaban J connectivity index is 2.20. The zero-order valence-electron chi connectivity index (χ0n) is 10.1. The van der Waals surface area contributed by atoms with E-state index in [1.54, 1.807) is 11.8 Å². The maximum atomic E-state index is 11.7. The van der Waals surface area contributed by atoms with Gasteiger partial charge in [0, 0.05) is 26.1 Å². The first-order valence-corrected chi connectivity index (χ1v) is 5.97. The number of amides is 1. The number of rotatable bonds is 6. The summed E-state index contributed by atoms with van der Waals surface area (Å²) in [7, 11) is 0. The molecule has 0 aromatic heterocycles. The first-order chi connectivity index (χ1) is 8.15. The molecule has 0 aliphatic carbocycles. The molecule has 1 aliphatic rings. The summed E-state index contributed by atoms with van der Waals surface area (Å²) in [5.41, 5.74) is 0. The van der Waals surface area contributed by atoms with Crippen LogP contribution in [0.15, 0.2) is 0 Å². The van der Waals surface area contributed by atoms with Gasteiger partial charge < -0.3 is 20.1 Å². The Morgan fingerprint density at radius 3 is 2.59 bits per heavy atom. The molecule has 0 radical (unpaired) electrons. The zero-order valence-corrected chi connectivity index (χ0v) is 10.1. The topological polar surface area (TPSA) is 78.9 Å². The van der Waals surface area contributed by atoms with E-state index >= 15 is 0 Å². The van der Waals surface area contributed by atoms with E-state index in [2.05, 4.69) is 5.32 Å². The summed E-state index contributed by atoms with van der Waals surface area (Å²) < 4.78 is 5.15. The second kappa shape index (κ2) is 7.24. The minimum absolute atomic E-state index is 0.0565. The highest BCUT2D eigenvalue weighted by atomic mass is 16.5. The lowest BCUT2D eigenvalue weighted by Crippen LogP contribution is -2.43. The number of aliphatic carboxylic acids is 1. The second-order valence-corrected chi connectivity index (χ2v) is 4.00. The van der Waals surface area contributed by atoms with E-state index in [4.69, 9.17) is 9.84 Å². The van der Waals surface area contributed by atoms with Gasteiger partial charge in [0.1, 0.15) is 6.04 Å². The third kappa shape index (κ3) is 4.70. The van der Waals surface area contributed by atoms with Crippen molar-refractivity contribution in [3.8, 4) is 0 Å². The number of hydrogen-bond acceptors (Lipinski definition) is 4. The molecule has 17 heavy (non-hydrogen) atoms. The molecule has 1 rings (SSSR count). The van der Waals surface area contributed by atoms with Crippen LogP contribution in [0, 0.1) is 0 Å². The number of carbonyl (C=O) groups is 2. The molecule has 0 spiro atoms. The van der Waals surface area contributed by atoms with Crippen molar-refractivity contribution in [2.24, 2.45) is 0 Å². The van der Waals surface area contributed by atoms with Crippen molar-refractivity contribution >= 4 is 11.9 Å². The fourth-order valence-corrected chi connectivity index (χ4v) is 1.73. The van der Waals surface area contributed by atoms with Crippen molar-refractivity contribution in [1.29, 1.82) is 0 Å². The van der Waals surface area contributed by atoms with Gasteiger partial charge in [-0.3, -0.25) is 9.59 Å². The third-order valence-corrected chi connectivity index (χ3v) is 2.80. The monoisotopic (exact) mass is 244 g/mol. The summed E-state index contributed by atoms with van der Waals surface area (Å²) in [6, 6.07) is -0.563. The van der Waals surface area contributed by atoms with Crippen LogP contribution in [0.2, 0.25) is 0 Å². The van der Waals surface area contributed by atoms with Crippen LogP contribution >= 0.6 is 0 Å². The van der Waals surface area contributed by atoms with Crippen LogP contribution in [-0.4, -0.2) is 60.8 Å². The predicted molar refractivity (Wildman–Crippen MR) is 61.7 cm³/mol. The van der Waals surface area contributed by atoms with Crippen LogP contribution in [0.25, 0.3) is 0 Å². The van der Waals surface area contributed by atoms with Crippen molar-refractivity contribution in [3.05, 3.63) is 0 Å². The predicted octanol–water partition coefficient (Wildman–Crippen LogP) is -0.312. The van der Waals surface area contributed by atoms with E-state index in [0.29, 0.717) is 45.7 Å². The van der Waals surface area contributed by atoms with Crippen LogP contribution < -0.4 is 5.32 Å². The van der Waals surface area contributed by atoms with Crippen LogP contribution in [0.3, 0.4) is 0 Å². The fraction of sp³-hybridized carbons (Fsp3) is 0.818. The molecule has 1 atom stereocenters. The van der Waals surface area contributed by atoms with E-state index in [9.17, 15) is 9.59 Å². The standard InChI is InChI=1S/C11H20N2O4/c1-2-9(11(15)16)12-4-3-10(14)13-5-7-17-8-6-13/h9,12H,2-8H2,1H3,(H,15,16). The molecule has 1 saturated heterocycles. The number of nitrogens with zero attached hydrogens (tertiary/aromatic N) is 1. The van der Waals surface area contributed by atoms with Crippen LogP contribution in [0.5, 0.6) is 0 Å². The smallest absolute Gasteiger partial charge is 0.320 e. The van der Waals surface area contributed by atoms with Crippen molar-refractivity contribution in [2.45, 2.75) is 25.8 Å². The van der Waals surface area contributed by atoms with E-state index in [-0.39, 0.29) is 5.91 Å². The maximum absolute atomic E-state index is 11.7. The molecule has 0 bridgehead atoms. The lowest BCUT2D eigenvalue weighted by molar-refractivity contribution is -0.140. The Bertz CT molecular complexity index is 264. The average Bonchev–Trinajstić information content (AvgIpc) is 2.35. The van der Waals surface area contributed by atoms with Gasteiger partial charge in [-0.25, -0.2) is 0 Å². The molecule has 0 aromatic carbocycles. The summed E-state index contributed by atoms with van der Waals surface area (Å²) in [5.74, 6) is -0.813. The Kier molecular flexibility index (Phi) is 5.93. The number of morpholine rings is 1. The highest BCUT2D eigenvalue weighted by Crippen LogP contribution is 2.00. The molecule has 1 amide bonds. The first-order valence-electron chi connectivity index (χ1n) is 5.97. The molecular weight excluding hydrogens is 224 g/mol. The van der Waals surface area contributed by atoms with Crippen LogP contribution in [0.1, 0.15) is 19.8 Å². The molecule has 1 unspecified atom stereocenters. The van der Waals surface area contributed by atoms with Gasteiger partial charge in [0.25, 0.3) is 0 Å². The Morgan fingerprint density at radius 1 is 1.41 bits per heavy atom. The van der Waals surface area contributed by atoms with Crippen molar-refractivity contribution < 1.29 is 19.4 Å². The minimum atomic E-state index is -0.869. The number of carboxylic acid groups (broad SMARTS) is 1. The summed E-state index contributed by atoms with van der Waals surface area (Å²) >= 11 is 0. The second-order valence-electron chi connectivity index (χ2n) is 4.00. The van der Waals surface area contributed by atoms with Crippen molar-refractivity contribution in [1.82, 2.24) is 10.2 Å². The highest BCUT2D eigenvalue weighted by molar-refractivity contribution is 5.77. The number of carboxylic acids is 1. The van der Waals surface area contributed by atoms with Gasteiger partial charge >= 0.3 is 5.97 Å². The third-order valence-electron chi connectivity index (χ3n) is 2.80. The van der Waals surface area contributed by atoms with Crippen molar-refractivity contribution in [3.63, 3.8) is 0 Å². The number of carbonyl (C=O) groups excluding carboxylic acids is 1. The van der Waals surface area contributed by atoms with Gasteiger partial charge in [0.2, 0.25) is 5.91 Å². The van der Waals surface area contributed by atoms with Gasteiger partial charge in [-0.1, -0.05) is 6.92 Å². The van der Waals surface area contributed by atoms with E-state index < -0.39 is 12.0 Å². The summed E-state index contributed by atoms with van der Waals surface area (Å²) in [6.07, 6.45) is 0.852. The highest BCUT2D eigenvalue weighted by Gasteiger charge is 2.18. The molecule has 0 aromatic rings. The van der Waals surface area contributed by atoms with Crippen molar-refractivity contribution in [2.75, 3.05) is 32.8 Å². The maximum Gasteiger partial charge on any atom is 0.320 e. The molecule has 6 heteroatoms. The molecule has 1 heterocycles. The normalized spacial score (nSPS) is 17.8. The fourth-order valence-electron chi connectivity index (χ4n) is 1.73. The zero-order chi connectivity index (χ0) is 12.7. The van der Waals surface area contributed by atoms with Gasteiger partial charge in [0.15, 0.2) is 0 Å². The minimum Gasteiger partial charge on any atom is -0.480 e. The molecule has 6 nitrogen and oxygen atoms in total. The summed E-state index contributed by atoms with van der Waals surface area (Å²) in [6.45, 7) is 4.65. The van der Waals surface area contributed by atoms with Gasteiger partial charge in [0.05, 0.1) is 13.2 Å². The van der Waals surface area contributed by atoms with Crippen LogP contribution in [0.4, 0.5) is 0 Å². The Labute approximate surface area is 101 Å². The van der Waals surface area contributed by atoms with Gasteiger partial charge in [-0.2, -0.15) is 0 Å². The molecule has 98 valence electrons. The number of nitrogens with one attached hydrogen (secondary N) is 1. The average molecular weight is 244 g/mol. The van der Waals surface area contributed by atoms with Gasteiger partial charge in [-0.15, -0.1) is 0 Å². The first kappa shape index (κ1) is 13.9. The largest absolute Gasteiger partial charge is 0.480 e. The summed E-state index contributed by atoms with van der Waals surface area (Å²) in [4.78, 5) is 24.2. The quantitative estimate of drug-likeness (QED) is 0.670. The Morgan fingerprint density at radius 2 is 2.06 bits per heavy atom. The number of hydrogen-bond donors (Lipinski definition) is 2. The molecule has 1 fully saturated rings. The van der Waals surface area contributed by atoms with E-state index in [1.807, 2.05) is 0 Å². The molecule has 0 saturated carbocycles. The SMILES string of the molecule is CCC(NCCC(=O)N1CCOCC1)C(=O)O. The molecule has 2 N–H and O–H groups in total. The molecular formula is C11H20N2O4. The van der Waals surface area contributed by atoms with Crippen LogP contribution in [-0.2, 0) is 14.3 Å². The van der Waals surface area contributed by atoms with Gasteiger partial charge in [-0.05, 0) is 6.42 Å². The number of ether oxygens (including phenoxy) is 1. The lowest BCUT2D eigenvalue weighted by Gasteiger charge is -2.27. The summed E-state index contributed by atoms with van der Waals surface area (Å²) in [5, 5.41) is 11.7. The van der Waals surface area contributed by atoms with E-state index in [1.165, 1.54) is 0 Å². The lowest BCUT2D eigenvalue weighted by atomic mass is 10.2. The molecule has 1 aliphatic heterocycles. The van der Waals surface area contributed by atoms with E-state index in [0.717, 1.165) is 0 Å².